The first kappa shape index (κ1) is 16.5. The number of fused-ring (bicyclic) bond motifs is 3. The van der Waals surface area contributed by atoms with E-state index >= 15 is 0 Å². The lowest BCUT2D eigenvalue weighted by molar-refractivity contribution is 0.401. The maximum Gasteiger partial charge on any atom is 0.120 e. The smallest absolute Gasteiger partial charge is 0.120 e. The fourth-order valence-electron chi connectivity index (χ4n) is 5.13. The van der Waals surface area contributed by atoms with E-state index in [4.69, 9.17) is 16.3 Å². The van der Waals surface area contributed by atoms with Gasteiger partial charge in [0.15, 0.2) is 0 Å². The molecule has 0 aliphatic carbocycles. The molecule has 1 fully saturated rings. The number of aryl methyl sites for hydroxylation is 1. The average Bonchev–Trinajstić information content (AvgIpc) is 2.83. The van der Waals surface area contributed by atoms with E-state index in [2.05, 4.69) is 28.4 Å². The molecule has 4 heteroatoms. The van der Waals surface area contributed by atoms with Crippen LogP contribution in [0.25, 0.3) is 11.1 Å². The van der Waals surface area contributed by atoms with Crippen molar-refractivity contribution in [2.24, 2.45) is 0 Å². The third kappa shape index (κ3) is 2.52. The second-order valence-corrected chi connectivity index (χ2v) is 8.14. The van der Waals surface area contributed by atoms with Gasteiger partial charge in [0.2, 0.25) is 0 Å². The van der Waals surface area contributed by atoms with Gasteiger partial charge in [0.05, 0.1) is 12.1 Å². The summed E-state index contributed by atoms with van der Waals surface area (Å²) in [5.41, 5.74) is 6.93. The standard InChI is InChI=1S/C22H25ClN2O/c1-26-16-5-6-17(20(23)12-16)15-10-14-4-2-3-9-25-21-7-8-24-13-19(21)18(11-15)22(14)25/h5-6,10-12,19,21,24H,2-4,7-9,13H2,1H3/t19-,21-/m0/s1. The molecule has 0 aromatic heterocycles. The second-order valence-electron chi connectivity index (χ2n) is 7.74. The summed E-state index contributed by atoms with van der Waals surface area (Å²) in [5.74, 6) is 1.41. The number of ether oxygens (including phenoxy) is 1. The van der Waals surface area contributed by atoms with Crippen molar-refractivity contribution in [2.75, 3.05) is 31.6 Å². The fourth-order valence-corrected chi connectivity index (χ4v) is 5.41. The van der Waals surface area contributed by atoms with Gasteiger partial charge in [-0.3, -0.25) is 0 Å². The Hall–Kier alpha value is -1.71. The van der Waals surface area contributed by atoms with Crippen LogP contribution < -0.4 is 15.0 Å². The van der Waals surface area contributed by atoms with Crippen molar-refractivity contribution in [1.82, 2.24) is 5.32 Å². The van der Waals surface area contributed by atoms with E-state index in [9.17, 15) is 0 Å². The first-order chi connectivity index (χ1) is 12.8. The van der Waals surface area contributed by atoms with Gasteiger partial charge in [-0.05, 0) is 79.3 Å². The van der Waals surface area contributed by atoms with Crippen molar-refractivity contribution in [3.8, 4) is 16.9 Å². The van der Waals surface area contributed by atoms with E-state index in [1.165, 1.54) is 54.6 Å². The van der Waals surface area contributed by atoms with Crippen LogP contribution in [-0.2, 0) is 6.42 Å². The van der Waals surface area contributed by atoms with Crippen LogP contribution in [0.2, 0.25) is 5.02 Å². The summed E-state index contributed by atoms with van der Waals surface area (Å²) in [6.07, 6.45) is 4.99. The van der Waals surface area contributed by atoms with Crippen LogP contribution in [0.4, 0.5) is 5.69 Å². The van der Waals surface area contributed by atoms with Crippen molar-refractivity contribution in [2.45, 2.75) is 37.6 Å². The highest BCUT2D eigenvalue weighted by atomic mass is 35.5. The predicted molar refractivity (Wildman–Crippen MR) is 108 cm³/mol. The number of benzene rings is 2. The number of halogens is 1. The van der Waals surface area contributed by atoms with Crippen LogP contribution in [0.3, 0.4) is 0 Å². The molecule has 136 valence electrons. The highest BCUT2D eigenvalue weighted by Crippen LogP contribution is 2.49. The topological polar surface area (TPSA) is 24.5 Å². The Labute approximate surface area is 160 Å². The van der Waals surface area contributed by atoms with Gasteiger partial charge in [0.25, 0.3) is 0 Å². The zero-order chi connectivity index (χ0) is 17.7. The Kier molecular flexibility index (Phi) is 4.10. The van der Waals surface area contributed by atoms with Gasteiger partial charge in [-0.15, -0.1) is 0 Å². The molecular weight excluding hydrogens is 344 g/mol. The summed E-state index contributed by atoms with van der Waals surface area (Å²) >= 11 is 6.60. The lowest BCUT2D eigenvalue weighted by Crippen LogP contribution is -2.44. The lowest BCUT2D eigenvalue weighted by Gasteiger charge is -2.33. The minimum atomic E-state index is 0.604. The minimum absolute atomic E-state index is 0.604. The molecule has 3 aliphatic rings. The Morgan fingerprint density at radius 1 is 1.19 bits per heavy atom. The Balaban J connectivity index is 1.66. The molecule has 3 heterocycles. The van der Waals surface area contributed by atoms with Gasteiger partial charge in [0, 0.05) is 36.3 Å². The van der Waals surface area contributed by atoms with E-state index in [0.29, 0.717) is 12.0 Å². The van der Waals surface area contributed by atoms with Gasteiger partial charge in [0.1, 0.15) is 5.75 Å². The molecule has 1 N–H and O–H groups in total. The van der Waals surface area contributed by atoms with Gasteiger partial charge in [-0.2, -0.15) is 0 Å². The molecule has 0 bridgehead atoms. The molecule has 3 aliphatic heterocycles. The zero-order valence-electron chi connectivity index (χ0n) is 15.2. The van der Waals surface area contributed by atoms with Crippen LogP contribution in [0, 0.1) is 0 Å². The van der Waals surface area contributed by atoms with Crippen molar-refractivity contribution < 1.29 is 4.74 Å². The largest absolute Gasteiger partial charge is 0.497 e. The summed E-state index contributed by atoms with van der Waals surface area (Å²) in [7, 11) is 1.68. The van der Waals surface area contributed by atoms with Crippen molar-refractivity contribution in [3.63, 3.8) is 0 Å². The molecule has 0 radical (unpaired) electrons. The maximum atomic E-state index is 6.60. The molecule has 0 amide bonds. The summed E-state index contributed by atoms with van der Waals surface area (Å²) in [6.45, 7) is 3.44. The summed E-state index contributed by atoms with van der Waals surface area (Å²) in [5, 5.41) is 4.38. The Morgan fingerprint density at radius 3 is 2.96 bits per heavy atom. The van der Waals surface area contributed by atoms with Gasteiger partial charge in [-0.1, -0.05) is 11.6 Å². The van der Waals surface area contributed by atoms with Crippen LogP contribution >= 0.6 is 11.6 Å². The first-order valence-corrected chi connectivity index (χ1v) is 10.1. The summed E-state index contributed by atoms with van der Waals surface area (Å²) in [4.78, 5) is 2.72. The van der Waals surface area contributed by atoms with Crippen LogP contribution in [0.5, 0.6) is 5.75 Å². The molecule has 26 heavy (non-hydrogen) atoms. The number of nitrogens with zero attached hydrogens (tertiary/aromatic N) is 1. The molecular formula is C22H25ClN2O. The highest BCUT2D eigenvalue weighted by Gasteiger charge is 2.41. The minimum Gasteiger partial charge on any atom is -0.497 e. The fraction of sp³-hybridized carbons (Fsp3) is 0.455. The third-order valence-electron chi connectivity index (χ3n) is 6.33. The van der Waals surface area contributed by atoms with E-state index in [-0.39, 0.29) is 0 Å². The first-order valence-electron chi connectivity index (χ1n) is 9.74. The number of anilines is 1. The molecule has 2 atom stereocenters. The number of hydrogen-bond donors (Lipinski definition) is 1. The summed E-state index contributed by atoms with van der Waals surface area (Å²) in [6, 6.07) is 11.5. The summed E-state index contributed by atoms with van der Waals surface area (Å²) < 4.78 is 5.32. The number of nitrogens with one attached hydrogen (secondary N) is 1. The van der Waals surface area contributed by atoms with Crippen molar-refractivity contribution >= 4 is 17.3 Å². The molecule has 5 rings (SSSR count). The Morgan fingerprint density at radius 2 is 2.12 bits per heavy atom. The SMILES string of the molecule is COc1ccc(-c2cc3c4c(c2)[C@@H]2CNCC[C@@H]2N4CCCC3)c(Cl)c1. The third-order valence-corrected chi connectivity index (χ3v) is 6.65. The highest BCUT2D eigenvalue weighted by molar-refractivity contribution is 6.33. The normalized spacial score (nSPS) is 24.0. The van der Waals surface area contributed by atoms with E-state index in [0.717, 1.165) is 29.4 Å². The molecule has 0 spiro atoms. The molecule has 2 aromatic carbocycles. The van der Waals surface area contributed by atoms with E-state index in [1.54, 1.807) is 7.11 Å². The van der Waals surface area contributed by atoms with Crippen LogP contribution in [0.1, 0.15) is 36.3 Å². The Bertz CT molecular complexity index is 850. The quantitative estimate of drug-likeness (QED) is 0.837. The maximum absolute atomic E-state index is 6.60. The van der Waals surface area contributed by atoms with Crippen LogP contribution in [-0.4, -0.2) is 32.8 Å². The molecule has 0 unspecified atom stereocenters. The van der Waals surface area contributed by atoms with Crippen LogP contribution in [0.15, 0.2) is 30.3 Å². The molecule has 2 aromatic rings. The molecule has 3 nitrogen and oxygen atoms in total. The van der Waals surface area contributed by atoms with Gasteiger partial charge >= 0.3 is 0 Å². The van der Waals surface area contributed by atoms with Crippen molar-refractivity contribution in [3.05, 3.63) is 46.5 Å². The van der Waals surface area contributed by atoms with Gasteiger partial charge in [-0.25, -0.2) is 0 Å². The van der Waals surface area contributed by atoms with Gasteiger partial charge < -0.3 is 15.0 Å². The van der Waals surface area contributed by atoms with Crippen molar-refractivity contribution in [1.29, 1.82) is 0 Å². The lowest BCUT2D eigenvalue weighted by atomic mass is 9.87. The predicted octanol–water partition coefficient (Wildman–Crippen LogP) is 4.62. The average molecular weight is 369 g/mol. The number of methoxy groups -OCH3 is 1. The zero-order valence-corrected chi connectivity index (χ0v) is 16.0. The van der Waals surface area contributed by atoms with E-state index < -0.39 is 0 Å². The number of rotatable bonds is 2. The number of piperidine rings is 1. The molecule has 0 saturated carbocycles. The monoisotopic (exact) mass is 368 g/mol. The number of hydrogen-bond acceptors (Lipinski definition) is 3. The molecule has 1 saturated heterocycles. The van der Waals surface area contributed by atoms with E-state index in [1.807, 2.05) is 12.1 Å². The second kappa shape index (κ2) is 6.47.